The first-order valence-electron chi connectivity index (χ1n) is 4.42. The molecule has 0 aliphatic heterocycles. The summed E-state index contributed by atoms with van der Waals surface area (Å²) in [7, 11) is 0. The van der Waals surface area contributed by atoms with Crippen LogP contribution in [-0.2, 0) is 12.6 Å². The second-order valence-electron chi connectivity index (χ2n) is 3.51. The Bertz CT molecular complexity index is 437. The molecule has 1 aromatic rings. The van der Waals surface area contributed by atoms with Gasteiger partial charge in [0.1, 0.15) is 0 Å². The molecule has 1 aliphatic rings. The lowest BCUT2D eigenvalue weighted by atomic mass is 10.0. The lowest BCUT2D eigenvalue weighted by Crippen LogP contribution is -2.08. The van der Waals surface area contributed by atoms with E-state index < -0.39 is 11.7 Å². The summed E-state index contributed by atoms with van der Waals surface area (Å²) in [6.07, 6.45) is -3.76. The number of anilines is 1. The van der Waals surface area contributed by atoms with E-state index in [1.807, 2.05) is 0 Å². The number of alkyl halides is 3. The third kappa shape index (κ3) is 1.58. The lowest BCUT2D eigenvalue weighted by molar-refractivity contribution is -0.137. The summed E-state index contributed by atoms with van der Waals surface area (Å²) in [4.78, 5) is 11.3. The van der Waals surface area contributed by atoms with Crippen molar-refractivity contribution < 1.29 is 18.0 Å². The van der Waals surface area contributed by atoms with Crippen LogP contribution in [0.4, 0.5) is 18.9 Å². The van der Waals surface area contributed by atoms with Crippen LogP contribution in [0.25, 0.3) is 0 Å². The van der Waals surface area contributed by atoms with Crippen molar-refractivity contribution in [2.45, 2.75) is 19.0 Å². The number of hydrogen-bond acceptors (Lipinski definition) is 2. The minimum absolute atomic E-state index is 0.0608. The van der Waals surface area contributed by atoms with E-state index in [2.05, 4.69) is 0 Å². The molecule has 0 radical (unpaired) electrons. The maximum Gasteiger partial charge on any atom is 0.416 e. The molecule has 80 valence electrons. The second-order valence-corrected chi connectivity index (χ2v) is 3.51. The highest BCUT2D eigenvalue weighted by atomic mass is 19.4. The number of nitrogens with two attached hydrogens (primary N) is 1. The molecule has 0 spiro atoms. The van der Waals surface area contributed by atoms with E-state index in [0.29, 0.717) is 12.0 Å². The van der Waals surface area contributed by atoms with Crippen molar-refractivity contribution in [1.29, 1.82) is 0 Å². The SMILES string of the molecule is Nc1cc(C(F)(F)F)cc2c1CCC2=O. The molecule has 0 amide bonds. The summed E-state index contributed by atoms with van der Waals surface area (Å²) in [5.41, 5.74) is 5.36. The molecule has 15 heavy (non-hydrogen) atoms. The molecule has 0 unspecified atom stereocenters. The van der Waals surface area contributed by atoms with Crippen LogP contribution in [0.1, 0.15) is 27.9 Å². The molecule has 0 fully saturated rings. The maximum atomic E-state index is 12.4. The van der Waals surface area contributed by atoms with Gasteiger partial charge in [-0.15, -0.1) is 0 Å². The molecular weight excluding hydrogens is 207 g/mol. The van der Waals surface area contributed by atoms with Gasteiger partial charge in [-0.2, -0.15) is 13.2 Å². The molecule has 2 N–H and O–H groups in total. The molecule has 2 nitrogen and oxygen atoms in total. The van der Waals surface area contributed by atoms with Gasteiger partial charge in [0.15, 0.2) is 5.78 Å². The zero-order valence-electron chi connectivity index (χ0n) is 7.69. The number of ketones is 1. The topological polar surface area (TPSA) is 43.1 Å². The minimum Gasteiger partial charge on any atom is -0.398 e. The summed E-state index contributed by atoms with van der Waals surface area (Å²) < 4.78 is 37.2. The number of Topliss-reactive ketones (excluding diaryl/α,β-unsaturated/α-hetero) is 1. The first kappa shape index (κ1) is 10.0. The van der Waals surface area contributed by atoms with E-state index in [-0.39, 0.29) is 23.5 Å². The van der Waals surface area contributed by atoms with Crippen LogP contribution in [-0.4, -0.2) is 5.78 Å². The quantitative estimate of drug-likeness (QED) is 0.675. The number of benzene rings is 1. The molecule has 0 atom stereocenters. The Labute approximate surface area is 83.9 Å². The van der Waals surface area contributed by atoms with E-state index in [9.17, 15) is 18.0 Å². The van der Waals surface area contributed by atoms with E-state index >= 15 is 0 Å². The van der Waals surface area contributed by atoms with Crippen molar-refractivity contribution in [2.75, 3.05) is 5.73 Å². The number of rotatable bonds is 0. The largest absolute Gasteiger partial charge is 0.416 e. The zero-order valence-corrected chi connectivity index (χ0v) is 7.69. The molecule has 0 saturated carbocycles. The fraction of sp³-hybridized carbons (Fsp3) is 0.300. The van der Waals surface area contributed by atoms with Crippen LogP contribution in [0.15, 0.2) is 12.1 Å². The summed E-state index contributed by atoms with van der Waals surface area (Å²) in [5, 5.41) is 0. The predicted molar refractivity (Wildman–Crippen MR) is 48.5 cm³/mol. The number of carbonyl (C=O) groups is 1. The number of fused-ring (bicyclic) bond motifs is 1. The van der Waals surface area contributed by atoms with Crippen LogP contribution in [0.5, 0.6) is 0 Å². The number of nitrogen functional groups attached to an aromatic ring is 1. The molecule has 0 heterocycles. The molecule has 5 heteroatoms. The first-order chi connectivity index (χ1) is 6.89. The molecule has 0 bridgehead atoms. The van der Waals surface area contributed by atoms with Gasteiger partial charge in [-0.3, -0.25) is 4.79 Å². The lowest BCUT2D eigenvalue weighted by Gasteiger charge is -2.10. The minimum atomic E-state index is -4.45. The average Bonchev–Trinajstić information content (AvgIpc) is 2.47. The van der Waals surface area contributed by atoms with Gasteiger partial charge >= 0.3 is 6.18 Å². The van der Waals surface area contributed by atoms with E-state index in [1.54, 1.807) is 0 Å². The molecular formula is C10H8F3NO. The Kier molecular flexibility index (Phi) is 1.99. The highest BCUT2D eigenvalue weighted by Crippen LogP contribution is 2.36. The Morgan fingerprint density at radius 3 is 2.47 bits per heavy atom. The summed E-state index contributed by atoms with van der Waals surface area (Å²) >= 11 is 0. The van der Waals surface area contributed by atoms with E-state index in [1.165, 1.54) is 0 Å². The molecule has 1 aromatic carbocycles. The third-order valence-electron chi connectivity index (χ3n) is 2.51. The van der Waals surface area contributed by atoms with Gasteiger partial charge in [0.05, 0.1) is 5.56 Å². The highest BCUT2D eigenvalue weighted by molar-refractivity contribution is 6.02. The number of carbonyl (C=O) groups excluding carboxylic acids is 1. The smallest absolute Gasteiger partial charge is 0.398 e. The molecule has 2 rings (SSSR count). The van der Waals surface area contributed by atoms with Crippen molar-refractivity contribution in [3.8, 4) is 0 Å². The Hall–Kier alpha value is -1.52. The van der Waals surface area contributed by atoms with Gasteiger partial charge in [0.2, 0.25) is 0 Å². The van der Waals surface area contributed by atoms with Crippen molar-refractivity contribution in [2.24, 2.45) is 0 Å². The van der Waals surface area contributed by atoms with Crippen molar-refractivity contribution in [3.63, 3.8) is 0 Å². The molecule has 0 aromatic heterocycles. The fourth-order valence-electron chi connectivity index (χ4n) is 1.76. The van der Waals surface area contributed by atoms with Crippen LogP contribution < -0.4 is 5.73 Å². The van der Waals surface area contributed by atoms with E-state index in [0.717, 1.165) is 12.1 Å². The summed E-state index contributed by atoms with van der Waals surface area (Å²) in [5.74, 6) is -0.261. The van der Waals surface area contributed by atoms with E-state index in [4.69, 9.17) is 5.73 Å². The monoisotopic (exact) mass is 215 g/mol. The molecule has 1 aliphatic carbocycles. The van der Waals surface area contributed by atoms with Crippen LogP contribution in [0, 0.1) is 0 Å². The second kappa shape index (κ2) is 2.98. The predicted octanol–water partition coefficient (Wildman–Crippen LogP) is 2.42. The zero-order chi connectivity index (χ0) is 11.2. The standard InChI is InChI=1S/C10H8F3NO/c11-10(12,13)5-3-7-6(8(14)4-5)1-2-9(7)15/h3-4H,1-2,14H2. The van der Waals surface area contributed by atoms with Crippen LogP contribution >= 0.6 is 0 Å². The first-order valence-corrected chi connectivity index (χ1v) is 4.42. The van der Waals surface area contributed by atoms with Gasteiger partial charge in [0.25, 0.3) is 0 Å². The summed E-state index contributed by atoms with van der Waals surface area (Å²) in [6.45, 7) is 0. The third-order valence-corrected chi connectivity index (χ3v) is 2.51. The number of hydrogen-bond donors (Lipinski definition) is 1. The Morgan fingerprint density at radius 2 is 1.87 bits per heavy atom. The maximum absolute atomic E-state index is 12.4. The Morgan fingerprint density at radius 1 is 1.20 bits per heavy atom. The Balaban J connectivity index is 2.61. The fourth-order valence-corrected chi connectivity index (χ4v) is 1.76. The van der Waals surface area contributed by atoms with Crippen molar-refractivity contribution in [3.05, 3.63) is 28.8 Å². The van der Waals surface area contributed by atoms with Gasteiger partial charge in [0, 0.05) is 17.7 Å². The van der Waals surface area contributed by atoms with Crippen LogP contribution in [0.3, 0.4) is 0 Å². The normalized spacial score (nSPS) is 15.5. The number of halogens is 3. The van der Waals surface area contributed by atoms with Gasteiger partial charge in [-0.1, -0.05) is 0 Å². The summed E-state index contributed by atoms with van der Waals surface area (Å²) in [6, 6.07) is 1.78. The van der Waals surface area contributed by atoms with Gasteiger partial charge < -0.3 is 5.73 Å². The van der Waals surface area contributed by atoms with Crippen molar-refractivity contribution >= 4 is 11.5 Å². The van der Waals surface area contributed by atoms with Crippen LogP contribution in [0.2, 0.25) is 0 Å². The highest BCUT2D eigenvalue weighted by Gasteiger charge is 2.34. The molecule has 0 saturated heterocycles. The van der Waals surface area contributed by atoms with Gasteiger partial charge in [-0.25, -0.2) is 0 Å². The van der Waals surface area contributed by atoms with Gasteiger partial charge in [-0.05, 0) is 24.1 Å². The average molecular weight is 215 g/mol. The van der Waals surface area contributed by atoms with Crippen molar-refractivity contribution in [1.82, 2.24) is 0 Å².